The number of hydrogen-bond acceptors (Lipinski definition) is 4. The van der Waals surface area contributed by atoms with Crippen LogP contribution in [0.15, 0.2) is 24.5 Å². The van der Waals surface area contributed by atoms with Crippen molar-refractivity contribution in [3.63, 3.8) is 0 Å². The number of rotatable bonds is 3. The first-order valence-electron chi connectivity index (χ1n) is 6.30. The van der Waals surface area contributed by atoms with Crippen molar-refractivity contribution in [3.05, 3.63) is 47.0 Å². The summed E-state index contributed by atoms with van der Waals surface area (Å²) in [5, 5.41) is 19.4. The number of H-pyrrole nitrogens is 1. The first kappa shape index (κ1) is 12.7. The zero-order chi connectivity index (χ0) is 14.3. The van der Waals surface area contributed by atoms with E-state index >= 15 is 0 Å². The molecule has 1 aliphatic heterocycles. The molecule has 0 radical (unpaired) electrons. The molecule has 104 valence electrons. The van der Waals surface area contributed by atoms with Gasteiger partial charge in [-0.3, -0.25) is 0 Å². The Morgan fingerprint density at radius 1 is 1.55 bits per heavy atom. The highest BCUT2D eigenvalue weighted by atomic mass is 16.5. The van der Waals surface area contributed by atoms with Gasteiger partial charge < -0.3 is 19.9 Å². The van der Waals surface area contributed by atoms with Crippen LogP contribution in [0.2, 0.25) is 0 Å². The highest BCUT2D eigenvalue weighted by molar-refractivity contribution is 5.86. The molecule has 0 fully saturated rings. The van der Waals surface area contributed by atoms with Crippen molar-refractivity contribution in [1.82, 2.24) is 9.97 Å². The first-order valence-corrected chi connectivity index (χ1v) is 6.30. The molecule has 2 heterocycles. The van der Waals surface area contributed by atoms with Gasteiger partial charge in [0.2, 0.25) is 0 Å². The van der Waals surface area contributed by atoms with Crippen molar-refractivity contribution in [3.8, 4) is 5.75 Å². The summed E-state index contributed by atoms with van der Waals surface area (Å²) >= 11 is 0. The number of hydrogen-bond donors (Lipinski definition) is 3. The molecular formula is C14H14N2O4. The molecule has 3 rings (SSSR count). The summed E-state index contributed by atoms with van der Waals surface area (Å²) in [5.41, 5.74) is 1.66. The molecule has 6 nitrogen and oxygen atoms in total. The number of aromatic amines is 1. The lowest BCUT2D eigenvalue weighted by atomic mass is 10.0. The third kappa shape index (κ3) is 2.04. The second kappa shape index (κ2) is 4.64. The Bertz CT molecular complexity index is 665. The van der Waals surface area contributed by atoms with Crippen LogP contribution in [0.4, 0.5) is 0 Å². The molecule has 20 heavy (non-hydrogen) atoms. The van der Waals surface area contributed by atoms with Crippen LogP contribution in [0.25, 0.3) is 0 Å². The maximum Gasteiger partial charge on any atom is 0.356 e. The lowest BCUT2D eigenvalue weighted by Crippen LogP contribution is -2.08. The zero-order valence-electron chi connectivity index (χ0n) is 10.8. The average Bonchev–Trinajstić information content (AvgIpc) is 3.01. The molecule has 2 aromatic rings. The van der Waals surface area contributed by atoms with E-state index in [1.165, 1.54) is 6.33 Å². The fraction of sp³-hybridized carbons (Fsp3) is 0.286. The summed E-state index contributed by atoms with van der Waals surface area (Å²) in [4.78, 5) is 17.4. The van der Waals surface area contributed by atoms with E-state index in [9.17, 15) is 9.90 Å². The number of aromatic nitrogens is 2. The third-order valence-corrected chi connectivity index (χ3v) is 3.38. The third-order valence-electron chi connectivity index (χ3n) is 3.38. The Morgan fingerprint density at radius 3 is 3.10 bits per heavy atom. The number of ether oxygens (including phenoxy) is 1. The number of carboxylic acids is 1. The number of carbonyl (C=O) groups is 1. The monoisotopic (exact) mass is 274 g/mol. The van der Waals surface area contributed by atoms with Gasteiger partial charge in [-0.15, -0.1) is 0 Å². The minimum Gasteiger partial charge on any atom is -0.490 e. The molecule has 6 heteroatoms. The van der Waals surface area contributed by atoms with Crippen LogP contribution in [0.1, 0.15) is 40.3 Å². The predicted octanol–water partition coefficient (Wildman–Crippen LogP) is 1.51. The fourth-order valence-corrected chi connectivity index (χ4v) is 2.46. The molecule has 1 aromatic carbocycles. The molecule has 2 atom stereocenters. The van der Waals surface area contributed by atoms with E-state index in [4.69, 9.17) is 9.84 Å². The van der Waals surface area contributed by atoms with Crippen molar-refractivity contribution in [2.75, 3.05) is 0 Å². The molecule has 0 aliphatic carbocycles. The Kier molecular flexibility index (Phi) is 2.94. The minimum atomic E-state index is -1.17. The maximum absolute atomic E-state index is 11.0. The fourth-order valence-electron chi connectivity index (χ4n) is 2.46. The van der Waals surface area contributed by atoms with Crippen LogP contribution < -0.4 is 4.74 Å². The Balaban J connectivity index is 1.95. The van der Waals surface area contributed by atoms with Gasteiger partial charge in [-0.1, -0.05) is 6.07 Å². The molecule has 0 saturated carbocycles. The lowest BCUT2D eigenvalue weighted by molar-refractivity contribution is 0.0685. The van der Waals surface area contributed by atoms with E-state index in [1.807, 2.05) is 13.0 Å². The van der Waals surface area contributed by atoms with Crippen molar-refractivity contribution in [2.45, 2.75) is 25.6 Å². The SMILES string of the molecule is CC1Cc2cc(C(O)c3[nH]cnc3C(=O)O)ccc2O1. The number of imidazole rings is 1. The molecule has 0 bridgehead atoms. The normalized spacial score (nSPS) is 18.4. The summed E-state index contributed by atoms with van der Waals surface area (Å²) < 4.78 is 5.60. The van der Waals surface area contributed by atoms with Gasteiger partial charge in [0.1, 0.15) is 18.0 Å². The first-order chi connectivity index (χ1) is 9.56. The van der Waals surface area contributed by atoms with Gasteiger partial charge in [0.05, 0.1) is 12.0 Å². The van der Waals surface area contributed by atoms with E-state index in [-0.39, 0.29) is 17.5 Å². The Hall–Kier alpha value is -2.34. The Labute approximate surface area is 115 Å². The summed E-state index contributed by atoms with van der Waals surface area (Å²) in [7, 11) is 0. The molecule has 0 spiro atoms. The number of fused-ring (bicyclic) bond motifs is 1. The van der Waals surface area contributed by atoms with Crippen molar-refractivity contribution >= 4 is 5.97 Å². The van der Waals surface area contributed by atoms with E-state index in [1.54, 1.807) is 12.1 Å². The molecule has 0 saturated heterocycles. The molecule has 1 aromatic heterocycles. The predicted molar refractivity (Wildman–Crippen MR) is 69.8 cm³/mol. The highest BCUT2D eigenvalue weighted by Crippen LogP contribution is 2.32. The number of aliphatic hydroxyl groups is 1. The van der Waals surface area contributed by atoms with E-state index < -0.39 is 12.1 Å². The van der Waals surface area contributed by atoms with Crippen LogP contribution in [0, 0.1) is 0 Å². The standard InChI is InChI=1S/C14H14N2O4/c1-7-4-9-5-8(2-3-10(9)20-7)13(17)11-12(14(18)19)16-6-15-11/h2-3,5-7,13,17H,4H2,1H3,(H,15,16)(H,18,19). The lowest BCUT2D eigenvalue weighted by Gasteiger charge is -2.11. The zero-order valence-corrected chi connectivity index (χ0v) is 10.8. The second-order valence-corrected chi connectivity index (χ2v) is 4.87. The smallest absolute Gasteiger partial charge is 0.356 e. The molecule has 2 unspecified atom stereocenters. The summed E-state index contributed by atoms with van der Waals surface area (Å²) in [5.74, 6) is -0.352. The summed E-state index contributed by atoms with van der Waals surface area (Å²) in [6.07, 6.45) is 1.12. The minimum absolute atomic E-state index is 0.124. The van der Waals surface area contributed by atoms with Gasteiger partial charge in [-0.25, -0.2) is 9.78 Å². The molecule has 3 N–H and O–H groups in total. The van der Waals surface area contributed by atoms with Gasteiger partial charge in [-0.2, -0.15) is 0 Å². The van der Waals surface area contributed by atoms with Crippen molar-refractivity contribution < 1.29 is 19.7 Å². The average molecular weight is 274 g/mol. The topological polar surface area (TPSA) is 95.4 Å². The van der Waals surface area contributed by atoms with Gasteiger partial charge in [0, 0.05) is 6.42 Å². The Morgan fingerprint density at radius 2 is 2.35 bits per heavy atom. The van der Waals surface area contributed by atoms with Gasteiger partial charge in [0.15, 0.2) is 5.69 Å². The van der Waals surface area contributed by atoms with Crippen LogP contribution in [0.3, 0.4) is 0 Å². The van der Waals surface area contributed by atoms with Gasteiger partial charge >= 0.3 is 5.97 Å². The van der Waals surface area contributed by atoms with E-state index in [0.717, 1.165) is 17.7 Å². The van der Waals surface area contributed by atoms with E-state index in [2.05, 4.69) is 9.97 Å². The number of nitrogens with one attached hydrogen (secondary N) is 1. The number of nitrogens with zero attached hydrogens (tertiary/aromatic N) is 1. The molecular weight excluding hydrogens is 260 g/mol. The number of aliphatic hydroxyl groups excluding tert-OH is 1. The van der Waals surface area contributed by atoms with Gasteiger partial charge in [-0.05, 0) is 30.2 Å². The molecule has 0 amide bonds. The van der Waals surface area contributed by atoms with Crippen LogP contribution in [-0.2, 0) is 6.42 Å². The second-order valence-electron chi connectivity index (χ2n) is 4.87. The summed E-state index contributed by atoms with van der Waals surface area (Å²) in [6, 6.07) is 5.37. The van der Waals surface area contributed by atoms with Crippen LogP contribution in [0.5, 0.6) is 5.75 Å². The van der Waals surface area contributed by atoms with Crippen LogP contribution >= 0.6 is 0 Å². The summed E-state index contributed by atoms with van der Waals surface area (Å²) in [6.45, 7) is 1.98. The number of benzene rings is 1. The van der Waals surface area contributed by atoms with Gasteiger partial charge in [0.25, 0.3) is 0 Å². The molecule has 1 aliphatic rings. The van der Waals surface area contributed by atoms with E-state index in [0.29, 0.717) is 5.56 Å². The van der Waals surface area contributed by atoms with Crippen molar-refractivity contribution in [2.24, 2.45) is 0 Å². The number of aromatic carboxylic acids is 1. The number of carboxylic acid groups (broad SMARTS) is 1. The highest BCUT2D eigenvalue weighted by Gasteiger charge is 2.24. The quantitative estimate of drug-likeness (QED) is 0.788. The maximum atomic E-state index is 11.0. The van der Waals surface area contributed by atoms with Crippen LogP contribution in [-0.4, -0.2) is 32.3 Å². The van der Waals surface area contributed by atoms with Crippen molar-refractivity contribution in [1.29, 1.82) is 0 Å². The largest absolute Gasteiger partial charge is 0.490 e.